The van der Waals surface area contributed by atoms with Gasteiger partial charge in [-0.1, -0.05) is 20.8 Å². The maximum atomic E-state index is 4.44. The number of rotatable bonds is 8. The third kappa shape index (κ3) is 9.46. The van der Waals surface area contributed by atoms with Crippen LogP contribution in [0, 0.1) is 5.41 Å². The summed E-state index contributed by atoms with van der Waals surface area (Å²) in [6.45, 7) is 9.46. The summed E-state index contributed by atoms with van der Waals surface area (Å²) in [5.74, 6) is 0.860. The minimum atomic E-state index is 0. The van der Waals surface area contributed by atoms with Gasteiger partial charge in [0, 0.05) is 44.2 Å². The zero-order valence-electron chi connectivity index (χ0n) is 15.3. The van der Waals surface area contributed by atoms with Gasteiger partial charge in [-0.15, -0.1) is 35.3 Å². The molecule has 0 aliphatic carbocycles. The second kappa shape index (κ2) is 11.2. The van der Waals surface area contributed by atoms with Crippen molar-refractivity contribution in [3.8, 4) is 0 Å². The molecular formula is C16H32IN5S. The molecule has 5 nitrogen and oxygen atoms in total. The Balaban J connectivity index is 0.00000484. The fourth-order valence-corrected chi connectivity index (χ4v) is 3.23. The molecule has 0 fully saturated rings. The molecule has 0 bridgehead atoms. The summed E-state index contributed by atoms with van der Waals surface area (Å²) in [7, 11) is 6.02. The molecule has 1 rings (SSSR count). The molecule has 2 N–H and O–H groups in total. The SMILES string of the molecule is CCc1cnc(CCNC(=NC)NCC(C)(C)CN(C)C)s1.I. The van der Waals surface area contributed by atoms with E-state index in [1.165, 1.54) is 9.88 Å². The molecule has 0 saturated carbocycles. The molecule has 0 aliphatic heterocycles. The van der Waals surface area contributed by atoms with Gasteiger partial charge in [-0.2, -0.15) is 0 Å². The highest BCUT2D eigenvalue weighted by molar-refractivity contribution is 14.0. The van der Waals surface area contributed by atoms with Crippen LogP contribution in [0.3, 0.4) is 0 Å². The summed E-state index contributed by atoms with van der Waals surface area (Å²) in [5, 5.41) is 7.96. The van der Waals surface area contributed by atoms with E-state index in [9.17, 15) is 0 Å². The van der Waals surface area contributed by atoms with E-state index in [0.717, 1.165) is 38.4 Å². The largest absolute Gasteiger partial charge is 0.356 e. The number of aryl methyl sites for hydroxylation is 1. The summed E-state index contributed by atoms with van der Waals surface area (Å²) < 4.78 is 0. The van der Waals surface area contributed by atoms with E-state index in [1.807, 2.05) is 13.2 Å². The van der Waals surface area contributed by atoms with E-state index in [-0.39, 0.29) is 29.4 Å². The molecular weight excluding hydrogens is 421 g/mol. The first kappa shape index (κ1) is 22.6. The van der Waals surface area contributed by atoms with Crippen LogP contribution in [0.25, 0.3) is 0 Å². The second-order valence-corrected chi connectivity index (χ2v) is 7.78. The first-order chi connectivity index (χ1) is 10.4. The molecule has 7 heteroatoms. The molecule has 23 heavy (non-hydrogen) atoms. The Bertz CT molecular complexity index is 471. The fraction of sp³-hybridized carbons (Fsp3) is 0.750. The highest BCUT2D eigenvalue weighted by atomic mass is 127. The number of halogens is 1. The maximum Gasteiger partial charge on any atom is 0.191 e. The van der Waals surface area contributed by atoms with Crippen molar-refractivity contribution in [1.82, 2.24) is 20.5 Å². The van der Waals surface area contributed by atoms with Crippen molar-refractivity contribution < 1.29 is 0 Å². The summed E-state index contributed by atoms with van der Waals surface area (Å²) >= 11 is 1.80. The van der Waals surface area contributed by atoms with Crippen LogP contribution in [0.15, 0.2) is 11.2 Å². The molecule has 1 aromatic rings. The fourth-order valence-electron chi connectivity index (χ4n) is 2.37. The Morgan fingerprint density at radius 3 is 2.57 bits per heavy atom. The van der Waals surface area contributed by atoms with Crippen LogP contribution in [0.5, 0.6) is 0 Å². The number of nitrogens with one attached hydrogen (secondary N) is 2. The minimum absolute atomic E-state index is 0. The lowest BCUT2D eigenvalue weighted by molar-refractivity contribution is 0.241. The van der Waals surface area contributed by atoms with E-state index >= 15 is 0 Å². The van der Waals surface area contributed by atoms with E-state index < -0.39 is 0 Å². The number of aromatic nitrogens is 1. The standard InChI is InChI=1S/C16H31N5S.HI/c1-7-13-10-19-14(22-13)8-9-18-15(17-4)20-11-16(2,3)12-21(5)6;/h10H,7-9,11-12H2,1-6H3,(H2,17,18,20);1H. The molecule has 1 aromatic heterocycles. The first-order valence-corrected chi connectivity index (χ1v) is 8.71. The van der Waals surface area contributed by atoms with Crippen molar-refractivity contribution in [3.63, 3.8) is 0 Å². The Kier molecular flexibility index (Phi) is 11.0. The quantitative estimate of drug-likeness (QED) is 0.361. The molecule has 0 amide bonds. The van der Waals surface area contributed by atoms with E-state index in [2.05, 4.69) is 60.4 Å². The van der Waals surface area contributed by atoms with Gasteiger partial charge in [-0.3, -0.25) is 4.99 Å². The van der Waals surface area contributed by atoms with Crippen molar-refractivity contribution >= 4 is 41.3 Å². The number of guanidine groups is 1. The predicted molar refractivity (Wildman–Crippen MR) is 112 cm³/mol. The molecule has 0 unspecified atom stereocenters. The van der Waals surface area contributed by atoms with Gasteiger partial charge in [0.25, 0.3) is 0 Å². The van der Waals surface area contributed by atoms with Crippen LogP contribution in [-0.2, 0) is 12.8 Å². The van der Waals surface area contributed by atoms with Gasteiger partial charge in [-0.05, 0) is 25.9 Å². The van der Waals surface area contributed by atoms with Crippen molar-refractivity contribution in [3.05, 3.63) is 16.1 Å². The Hall–Kier alpha value is -0.410. The highest BCUT2D eigenvalue weighted by Crippen LogP contribution is 2.14. The number of thiazole rings is 1. The minimum Gasteiger partial charge on any atom is -0.356 e. The van der Waals surface area contributed by atoms with Gasteiger partial charge in [0.1, 0.15) is 0 Å². The Morgan fingerprint density at radius 2 is 2.04 bits per heavy atom. The monoisotopic (exact) mass is 453 g/mol. The van der Waals surface area contributed by atoms with Crippen LogP contribution >= 0.6 is 35.3 Å². The molecule has 0 atom stereocenters. The molecule has 0 aromatic carbocycles. The van der Waals surface area contributed by atoms with Crippen LogP contribution in [0.4, 0.5) is 0 Å². The van der Waals surface area contributed by atoms with Gasteiger partial charge < -0.3 is 15.5 Å². The molecule has 134 valence electrons. The molecule has 1 heterocycles. The Morgan fingerprint density at radius 1 is 1.35 bits per heavy atom. The second-order valence-electron chi connectivity index (χ2n) is 6.58. The van der Waals surface area contributed by atoms with Crippen LogP contribution in [-0.4, -0.2) is 56.6 Å². The molecule has 0 spiro atoms. The molecule has 0 aliphatic rings. The van der Waals surface area contributed by atoms with Crippen molar-refractivity contribution in [1.29, 1.82) is 0 Å². The third-order valence-corrected chi connectivity index (χ3v) is 4.48. The zero-order chi connectivity index (χ0) is 16.6. The average molecular weight is 453 g/mol. The van der Waals surface area contributed by atoms with Gasteiger partial charge in [0.2, 0.25) is 0 Å². The lowest BCUT2D eigenvalue weighted by Crippen LogP contribution is -2.45. The van der Waals surface area contributed by atoms with E-state index in [0.29, 0.717) is 0 Å². The van der Waals surface area contributed by atoms with Gasteiger partial charge in [0.05, 0.1) is 5.01 Å². The Labute approximate surface area is 162 Å². The summed E-state index contributed by atoms with van der Waals surface area (Å²) in [6, 6.07) is 0. The maximum absolute atomic E-state index is 4.44. The van der Waals surface area contributed by atoms with Crippen molar-refractivity contribution in [2.45, 2.75) is 33.6 Å². The smallest absolute Gasteiger partial charge is 0.191 e. The normalized spacial score (nSPS) is 12.2. The average Bonchev–Trinajstić information content (AvgIpc) is 2.89. The summed E-state index contributed by atoms with van der Waals surface area (Å²) in [4.78, 5) is 12.3. The molecule has 0 radical (unpaired) electrons. The van der Waals surface area contributed by atoms with Gasteiger partial charge >= 0.3 is 0 Å². The lowest BCUT2D eigenvalue weighted by Gasteiger charge is -2.29. The lowest BCUT2D eigenvalue weighted by atomic mass is 9.93. The number of hydrogen-bond acceptors (Lipinski definition) is 4. The van der Waals surface area contributed by atoms with E-state index in [1.54, 1.807) is 11.3 Å². The van der Waals surface area contributed by atoms with E-state index in [4.69, 9.17) is 0 Å². The summed E-state index contributed by atoms with van der Waals surface area (Å²) in [6.07, 6.45) is 3.98. The first-order valence-electron chi connectivity index (χ1n) is 7.89. The number of hydrogen-bond donors (Lipinski definition) is 2. The summed E-state index contributed by atoms with van der Waals surface area (Å²) in [5.41, 5.74) is 0.201. The van der Waals surface area contributed by atoms with Crippen LogP contribution in [0.2, 0.25) is 0 Å². The van der Waals surface area contributed by atoms with Crippen molar-refractivity contribution in [2.75, 3.05) is 40.8 Å². The number of nitrogens with zero attached hydrogens (tertiary/aromatic N) is 3. The van der Waals surface area contributed by atoms with Crippen LogP contribution < -0.4 is 10.6 Å². The number of aliphatic imine (C=N–C) groups is 1. The third-order valence-electron chi connectivity index (χ3n) is 3.28. The van der Waals surface area contributed by atoms with Crippen molar-refractivity contribution in [2.24, 2.45) is 10.4 Å². The van der Waals surface area contributed by atoms with Gasteiger partial charge in [0.15, 0.2) is 5.96 Å². The molecule has 0 saturated heterocycles. The van der Waals surface area contributed by atoms with Crippen LogP contribution in [0.1, 0.15) is 30.7 Å². The topological polar surface area (TPSA) is 52.6 Å². The zero-order valence-corrected chi connectivity index (χ0v) is 18.4. The van der Waals surface area contributed by atoms with Gasteiger partial charge in [-0.25, -0.2) is 4.98 Å². The predicted octanol–water partition coefficient (Wildman–Crippen LogP) is 2.62. The highest BCUT2D eigenvalue weighted by Gasteiger charge is 2.19.